The van der Waals surface area contributed by atoms with Crippen LogP contribution in [0.2, 0.25) is 0 Å². The molecule has 6 nitrogen and oxygen atoms in total. The monoisotopic (exact) mass is 355 g/mol. The van der Waals surface area contributed by atoms with Crippen LogP contribution in [0.4, 0.5) is 0 Å². The molecule has 0 aromatic carbocycles. The third-order valence-electron chi connectivity index (χ3n) is 4.63. The number of aromatic nitrogens is 3. The van der Waals surface area contributed by atoms with Gasteiger partial charge in [0.1, 0.15) is 0 Å². The van der Waals surface area contributed by atoms with Crippen molar-refractivity contribution in [1.29, 1.82) is 0 Å². The predicted molar refractivity (Wildman–Crippen MR) is 99.9 cm³/mol. The quantitative estimate of drug-likeness (QED) is 0.767. The molecule has 4 rings (SSSR count). The number of rotatable bonds is 2. The molecule has 1 unspecified atom stereocenters. The van der Waals surface area contributed by atoms with Gasteiger partial charge in [0.15, 0.2) is 5.65 Å². The molecule has 0 aliphatic carbocycles. The minimum atomic E-state index is 0.0645. The normalized spacial score (nSPS) is 18.0. The summed E-state index contributed by atoms with van der Waals surface area (Å²) in [5.74, 6) is 0.0645. The lowest BCUT2D eigenvalue weighted by Crippen LogP contribution is -2.51. The van der Waals surface area contributed by atoms with E-state index in [2.05, 4.69) is 17.3 Å². The van der Waals surface area contributed by atoms with Crippen LogP contribution in [0, 0.1) is 6.92 Å². The molecule has 0 bridgehead atoms. The third-order valence-corrected chi connectivity index (χ3v) is 5.52. The molecule has 1 amide bonds. The highest BCUT2D eigenvalue weighted by molar-refractivity contribution is 7.13. The van der Waals surface area contributed by atoms with Crippen LogP contribution in [0.5, 0.6) is 0 Å². The summed E-state index contributed by atoms with van der Waals surface area (Å²) in [6.07, 6.45) is 0. The van der Waals surface area contributed by atoms with Crippen molar-refractivity contribution < 1.29 is 4.79 Å². The lowest BCUT2D eigenvalue weighted by molar-refractivity contribution is 0.0711. The summed E-state index contributed by atoms with van der Waals surface area (Å²) in [6, 6.07) is 6.27. The third kappa shape index (κ3) is 2.83. The molecule has 3 aromatic heterocycles. The van der Waals surface area contributed by atoms with Gasteiger partial charge >= 0.3 is 0 Å². The van der Waals surface area contributed by atoms with Crippen LogP contribution in [0.15, 0.2) is 23.6 Å². The van der Waals surface area contributed by atoms with Crippen molar-refractivity contribution in [3.8, 4) is 10.6 Å². The predicted octanol–water partition coefficient (Wildman–Crippen LogP) is 2.44. The maximum Gasteiger partial charge on any atom is 0.254 e. The Hall–Kier alpha value is -2.25. The smallest absolute Gasteiger partial charge is 0.254 e. The van der Waals surface area contributed by atoms with Crippen molar-refractivity contribution in [3.05, 3.63) is 34.8 Å². The zero-order valence-electron chi connectivity index (χ0n) is 14.6. The molecule has 130 valence electrons. The van der Waals surface area contributed by atoms with E-state index in [1.807, 2.05) is 42.5 Å². The Kier molecular flexibility index (Phi) is 4.05. The van der Waals surface area contributed by atoms with E-state index in [4.69, 9.17) is 4.98 Å². The first kappa shape index (κ1) is 16.2. The van der Waals surface area contributed by atoms with Crippen LogP contribution < -0.4 is 5.32 Å². The molecule has 1 saturated heterocycles. The van der Waals surface area contributed by atoms with E-state index in [0.717, 1.165) is 46.9 Å². The maximum atomic E-state index is 13.3. The Labute approximate surface area is 150 Å². The second-order valence-corrected chi connectivity index (χ2v) is 7.49. The summed E-state index contributed by atoms with van der Waals surface area (Å²) in [4.78, 5) is 21.0. The molecule has 7 heteroatoms. The Morgan fingerprint density at radius 3 is 3.00 bits per heavy atom. The van der Waals surface area contributed by atoms with Gasteiger partial charge in [-0.05, 0) is 31.4 Å². The fourth-order valence-electron chi connectivity index (χ4n) is 3.45. The van der Waals surface area contributed by atoms with Crippen LogP contribution in [0.1, 0.15) is 23.0 Å². The first-order valence-electron chi connectivity index (χ1n) is 8.45. The second kappa shape index (κ2) is 6.24. The molecule has 1 atom stereocenters. The number of thiophene rings is 1. The van der Waals surface area contributed by atoms with E-state index in [-0.39, 0.29) is 5.91 Å². The molecule has 1 aliphatic rings. The van der Waals surface area contributed by atoms with Gasteiger partial charge in [0.05, 0.1) is 27.2 Å². The zero-order chi connectivity index (χ0) is 17.6. The van der Waals surface area contributed by atoms with Gasteiger partial charge in [-0.1, -0.05) is 6.07 Å². The van der Waals surface area contributed by atoms with Crippen molar-refractivity contribution in [2.45, 2.75) is 19.9 Å². The highest BCUT2D eigenvalue weighted by Gasteiger charge is 2.26. The lowest BCUT2D eigenvalue weighted by Gasteiger charge is -2.32. The van der Waals surface area contributed by atoms with E-state index in [1.54, 1.807) is 16.0 Å². The summed E-state index contributed by atoms with van der Waals surface area (Å²) < 4.78 is 1.76. The fourth-order valence-corrected chi connectivity index (χ4v) is 4.14. The van der Waals surface area contributed by atoms with Crippen molar-refractivity contribution in [2.75, 3.05) is 19.6 Å². The average molecular weight is 355 g/mol. The average Bonchev–Trinajstić information content (AvgIpc) is 3.23. The number of carbonyl (C=O) groups excluding carboxylic acids is 1. The topological polar surface area (TPSA) is 63.1 Å². The van der Waals surface area contributed by atoms with Crippen molar-refractivity contribution in [2.24, 2.45) is 7.05 Å². The second-order valence-electron chi connectivity index (χ2n) is 6.55. The first-order valence-corrected chi connectivity index (χ1v) is 9.33. The van der Waals surface area contributed by atoms with Gasteiger partial charge in [0.25, 0.3) is 5.91 Å². The van der Waals surface area contributed by atoms with Crippen LogP contribution in [-0.2, 0) is 7.05 Å². The van der Waals surface area contributed by atoms with Gasteiger partial charge in [-0.25, -0.2) is 4.98 Å². The largest absolute Gasteiger partial charge is 0.336 e. The van der Waals surface area contributed by atoms with Gasteiger partial charge in [-0.3, -0.25) is 9.48 Å². The van der Waals surface area contributed by atoms with E-state index in [1.165, 1.54) is 0 Å². The van der Waals surface area contributed by atoms with Gasteiger partial charge < -0.3 is 10.2 Å². The maximum absolute atomic E-state index is 13.3. The van der Waals surface area contributed by atoms with E-state index in [9.17, 15) is 4.79 Å². The summed E-state index contributed by atoms with van der Waals surface area (Å²) >= 11 is 1.63. The van der Waals surface area contributed by atoms with Crippen molar-refractivity contribution in [1.82, 2.24) is 25.0 Å². The SMILES string of the molecule is Cc1nn(C)c2nc(-c3cccs3)cc(C(=O)N3CCNC(C)C3)c12. The Morgan fingerprint density at radius 1 is 1.44 bits per heavy atom. The molecule has 1 fully saturated rings. The van der Waals surface area contributed by atoms with E-state index in [0.29, 0.717) is 11.6 Å². The Morgan fingerprint density at radius 2 is 2.28 bits per heavy atom. The van der Waals surface area contributed by atoms with Gasteiger partial charge in [0, 0.05) is 32.7 Å². The molecular formula is C18H21N5OS. The number of carbonyl (C=O) groups is 1. The summed E-state index contributed by atoms with van der Waals surface area (Å²) in [6.45, 7) is 6.31. The highest BCUT2D eigenvalue weighted by Crippen LogP contribution is 2.30. The molecule has 1 N–H and O–H groups in total. The number of piperazine rings is 1. The molecular weight excluding hydrogens is 334 g/mol. The minimum absolute atomic E-state index is 0.0645. The van der Waals surface area contributed by atoms with E-state index < -0.39 is 0 Å². The van der Waals surface area contributed by atoms with Crippen LogP contribution in [0.25, 0.3) is 21.6 Å². The number of fused-ring (bicyclic) bond motifs is 1. The zero-order valence-corrected chi connectivity index (χ0v) is 15.4. The standard InChI is InChI=1S/C18H21N5OS/c1-11-10-23(7-6-19-11)18(24)13-9-14(15-5-4-8-25-15)20-17-16(13)12(2)21-22(17)3/h4-5,8-9,11,19H,6-7,10H2,1-3H3. The molecule has 0 saturated carbocycles. The number of amides is 1. The molecule has 4 heterocycles. The van der Waals surface area contributed by atoms with Crippen LogP contribution in [-0.4, -0.2) is 51.2 Å². The lowest BCUT2D eigenvalue weighted by atomic mass is 10.1. The van der Waals surface area contributed by atoms with Crippen LogP contribution >= 0.6 is 11.3 Å². The first-order chi connectivity index (χ1) is 12.0. The van der Waals surface area contributed by atoms with Gasteiger partial charge in [-0.2, -0.15) is 5.10 Å². The highest BCUT2D eigenvalue weighted by atomic mass is 32.1. The number of aryl methyl sites for hydroxylation is 2. The van der Waals surface area contributed by atoms with Crippen molar-refractivity contribution >= 4 is 28.3 Å². The number of pyridine rings is 1. The summed E-state index contributed by atoms with van der Waals surface area (Å²) in [7, 11) is 1.88. The Bertz CT molecular complexity index is 931. The van der Waals surface area contributed by atoms with Crippen molar-refractivity contribution in [3.63, 3.8) is 0 Å². The van der Waals surface area contributed by atoms with Gasteiger partial charge in [0.2, 0.25) is 0 Å². The summed E-state index contributed by atoms with van der Waals surface area (Å²) in [5, 5.41) is 10.8. The Balaban J connectivity index is 1.87. The number of hydrogen-bond donors (Lipinski definition) is 1. The number of hydrogen-bond acceptors (Lipinski definition) is 5. The number of nitrogens with zero attached hydrogens (tertiary/aromatic N) is 4. The molecule has 1 aliphatic heterocycles. The molecule has 25 heavy (non-hydrogen) atoms. The molecule has 3 aromatic rings. The minimum Gasteiger partial charge on any atom is -0.336 e. The fraction of sp³-hybridized carbons (Fsp3) is 0.389. The summed E-state index contributed by atoms with van der Waals surface area (Å²) in [5.41, 5.74) is 3.13. The van der Waals surface area contributed by atoms with Crippen LogP contribution in [0.3, 0.4) is 0 Å². The van der Waals surface area contributed by atoms with E-state index >= 15 is 0 Å². The number of nitrogens with one attached hydrogen (secondary N) is 1. The van der Waals surface area contributed by atoms with Gasteiger partial charge in [-0.15, -0.1) is 11.3 Å². The molecule has 0 spiro atoms. The molecule has 0 radical (unpaired) electrons.